The van der Waals surface area contributed by atoms with Crippen molar-refractivity contribution in [1.29, 1.82) is 0 Å². The molecule has 1 aliphatic heterocycles. The number of amides is 1. The predicted molar refractivity (Wildman–Crippen MR) is 75.3 cm³/mol. The summed E-state index contributed by atoms with van der Waals surface area (Å²) in [6.45, 7) is 4.55. The van der Waals surface area contributed by atoms with Crippen molar-refractivity contribution in [3.05, 3.63) is 18.0 Å². The van der Waals surface area contributed by atoms with E-state index >= 15 is 0 Å². The van der Waals surface area contributed by atoms with Crippen molar-refractivity contribution < 1.29 is 14.3 Å². The number of nitrogen functional groups attached to an aromatic ring is 1. The molecule has 0 bridgehead atoms. The summed E-state index contributed by atoms with van der Waals surface area (Å²) in [5.74, 6) is -0.719. The average molecular weight is 279 g/mol. The summed E-state index contributed by atoms with van der Waals surface area (Å²) in [5, 5.41) is 2.75. The molecule has 1 aromatic rings. The molecule has 0 saturated carbocycles. The Morgan fingerprint density at radius 1 is 1.50 bits per heavy atom. The fraction of sp³-hybridized carbons (Fsp3) is 0.571. The molecule has 0 aromatic carbocycles. The van der Waals surface area contributed by atoms with Crippen molar-refractivity contribution >= 4 is 17.6 Å². The lowest BCUT2D eigenvalue weighted by atomic mass is 10.2. The van der Waals surface area contributed by atoms with Crippen molar-refractivity contribution in [2.24, 2.45) is 0 Å². The highest BCUT2D eigenvalue weighted by atomic mass is 16.5. The zero-order valence-electron chi connectivity index (χ0n) is 11.9. The van der Waals surface area contributed by atoms with Gasteiger partial charge in [-0.15, -0.1) is 0 Å². The maximum absolute atomic E-state index is 12.2. The molecule has 2 rings (SSSR count). The molecular formula is C14H21N3O3. The van der Waals surface area contributed by atoms with Gasteiger partial charge >= 0.3 is 5.97 Å². The third-order valence-corrected chi connectivity index (χ3v) is 3.37. The van der Waals surface area contributed by atoms with Gasteiger partial charge in [-0.3, -0.25) is 4.79 Å². The molecule has 0 spiro atoms. The van der Waals surface area contributed by atoms with Crippen LogP contribution < -0.4 is 11.1 Å². The SMILES string of the molecule is CC(C)n1cc(N)cc1C(=O)OC1CCCCNC1=O. The molecule has 0 radical (unpaired) electrons. The lowest BCUT2D eigenvalue weighted by molar-refractivity contribution is -0.129. The lowest BCUT2D eigenvalue weighted by Gasteiger charge is -2.16. The molecule has 1 aromatic heterocycles. The molecule has 1 saturated heterocycles. The molecule has 110 valence electrons. The van der Waals surface area contributed by atoms with Gasteiger partial charge < -0.3 is 20.4 Å². The van der Waals surface area contributed by atoms with E-state index in [0.29, 0.717) is 24.3 Å². The smallest absolute Gasteiger partial charge is 0.355 e. The number of carbonyl (C=O) groups is 2. The molecule has 1 unspecified atom stereocenters. The van der Waals surface area contributed by atoms with E-state index in [9.17, 15) is 9.59 Å². The van der Waals surface area contributed by atoms with E-state index in [-0.39, 0.29) is 11.9 Å². The van der Waals surface area contributed by atoms with Crippen molar-refractivity contribution in [2.75, 3.05) is 12.3 Å². The molecule has 20 heavy (non-hydrogen) atoms. The van der Waals surface area contributed by atoms with Crippen LogP contribution >= 0.6 is 0 Å². The Morgan fingerprint density at radius 2 is 2.25 bits per heavy atom. The maximum Gasteiger partial charge on any atom is 0.355 e. The Morgan fingerprint density at radius 3 is 2.95 bits per heavy atom. The number of hydrogen-bond acceptors (Lipinski definition) is 4. The number of anilines is 1. The second-order valence-corrected chi connectivity index (χ2v) is 5.34. The fourth-order valence-electron chi connectivity index (χ4n) is 2.30. The van der Waals surface area contributed by atoms with E-state index in [1.807, 2.05) is 13.8 Å². The van der Waals surface area contributed by atoms with Crippen LogP contribution in [-0.2, 0) is 9.53 Å². The third kappa shape index (κ3) is 3.12. The first-order valence-corrected chi connectivity index (χ1v) is 6.95. The second kappa shape index (κ2) is 5.98. The first kappa shape index (κ1) is 14.4. The van der Waals surface area contributed by atoms with E-state index < -0.39 is 12.1 Å². The Balaban J connectivity index is 2.13. The summed E-state index contributed by atoms with van der Waals surface area (Å²) in [7, 11) is 0. The van der Waals surface area contributed by atoms with Crippen LogP contribution in [-0.4, -0.2) is 29.1 Å². The first-order chi connectivity index (χ1) is 9.49. The topological polar surface area (TPSA) is 86.3 Å². The minimum atomic E-state index is -0.707. The van der Waals surface area contributed by atoms with Crippen LogP contribution in [0.1, 0.15) is 49.6 Å². The van der Waals surface area contributed by atoms with Crippen LogP contribution in [0.5, 0.6) is 0 Å². The minimum Gasteiger partial charge on any atom is -0.448 e. The zero-order chi connectivity index (χ0) is 14.7. The van der Waals surface area contributed by atoms with Crippen molar-refractivity contribution in [3.8, 4) is 0 Å². The molecule has 1 atom stereocenters. The number of rotatable bonds is 3. The molecule has 0 aliphatic carbocycles. The van der Waals surface area contributed by atoms with Crippen molar-refractivity contribution in [1.82, 2.24) is 9.88 Å². The van der Waals surface area contributed by atoms with Crippen LogP contribution in [0.4, 0.5) is 5.69 Å². The highest BCUT2D eigenvalue weighted by molar-refractivity contribution is 5.92. The van der Waals surface area contributed by atoms with Crippen LogP contribution in [0.15, 0.2) is 12.3 Å². The van der Waals surface area contributed by atoms with Gasteiger partial charge in [0.2, 0.25) is 0 Å². The number of nitrogens with zero attached hydrogens (tertiary/aromatic N) is 1. The molecule has 2 heterocycles. The molecule has 3 N–H and O–H groups in total. The van der Waals surface area contributed by atoms with Crippen LogP contribution in [0.25, 0.3) is 0 Å². The summed E-state index contributed by atoms with van der Waals surface area (Å²) < 4.78 is 7.10. The highest BCUT2D eigenvalue weighted by Crippen LogP contribution is 2.19. The molecule has 6 nitrogen and oxygen atoms in total. The largest absolute Gasteiger partial charge is 0.448 e. The lowest BCUT2D eigenvalue weighted by Crippen LogP contribution is -2.36. The maximum atomic E-state index is 12.2. The fourth-order valence-corrected chi connectivity index (χ4v) is 2.30. The standard InChI is InChI=1S/C14H21N3O3/c1-9(2)17-8-10(15)7-11(17)14(19)20-12-5-3-4-6-16-13(12)18/h7-9,12H,3-6,15H2,1-2H3,(H,16,18). The van der Waals surface area contributed by atoms with E-state index in [1.54, 1.807) is 16.8 Å². The van der Waals surface area contributed by atoms with Gasteiger partial charge in [0.05, 0.1) is 5.69 Å². The normalized spacial score (nSPS) is 19.6. The summed E-state index contributed by atoms with van der Waals surface area (Å²) in [5.41, 5.74) is 6.63. The van der Waals surface area contributed by atoms with Crippen molar-refractivity contribution in [3.63, 3.8) is 0 Å². The predicted octanol–water partition coefficient (Wildman–Crippen LogP) is 1.48. The minimum absolute atomic E-state index is 0.0952. The first-order valence-electron chi connectivity index (χ1n) is 6.95. The number of esters is 1. The summed E-state index contributed by atoms with van der Waals surface area (Å²) in [6, 6.07) is 1.68. The number of hydrogen-bond donors (Lipinski definition) is 2. The van der Waals surface area contributed by atoms with Gasteiger partial charge in [0, 0.05) is 18.8 Å². The second-order valence-electron chi connectivity index (χ2n) is 5.34. The Labute approximate surface area is 118 Å². The molecule has 1 aliphatic rings. The Kier molecular flexibility index (Phi) is 4.32. The Hall–Kier alpha value is -1.98. The molecule has 6 heteroatoms. The van der Waals surface area contributed by atoms with Gasteiger partial charge in [0.25, 0.3) is 5.91 Å². The summed E-state index contributed by atoms with van der Waals surface area (Å²) in [6.07, 6.45) is 3.34. The van der Waals surface area contributed by atoms with E-state index in [1.165, 1.54) is 0 Å². The number of aromatic nitrogens is 1. The van der Waals surface area contributed by atoms with Crippen LogP contribution in [0.2, 0.25) is 0 Å². The number of nitrogens with two attached hydrogens (primary N) is 1. The highest BCUT2D eigenvalue weighted by Gasteiger charge is 2.26. The molecule has 1 amide bonds. The zero-order valence-corrected chi connectivity index (χ0v) is 11.9. The molecule has 1 fully saturated rings. The van der Waals surface area contributed by atoms with Gasteiger partial charge in [-0.05, 0) is 39.2 Å². The Bertz CT molecular complexity index is 508. The van der Waals surface area contributed by atoms with Crippen molar-refractivity contribution in [2.45, 2.75) is 45.3 Å². The quantitative estimate of drug-likeness (QED) is 0.820. The van der Waals surface area contributed by atoms with Gasteiger partial charge in [0.1, 0.15) is 5.69 Å². The number of nitrogens with one attached hydrogen (secondary N) is 1. The van der Waals surface area contributed by atoms with Gasteiger partial charge in [-0.1, -0.05) is 0 Å². The third-order valence-electron chi connectivity index (χ3n) is 3.37. The van der Waals surface area contributed by atoms with Gasteiger partial charge in [-0.2, -0.15) is 0 Å². The molecular weight excluding hydrogens is 258 g/mol. The van der Waals surface area contributed by atoms with E-state index in [4.69, 9.17) is 10.5 Å². The number of carbonyl (C=O) groups excluding carboxylic acids is 2. The van der Waals surface area contributed by atoms with E-state index in [2.05, 4.69) is 5.32 Å². The summed E-state index contributed by atoms with van der Waals surface area (Å²) in [4.78, 5) is 24.0. The number of ether oxygens (including phenoxy) is 1. The monoisotopic (exact) mass is 279 g/mol. The summed E-state index contributed by atoms with van der Waals surface area (Å²) >= 11 is 0. The van der Waals surface area contributed by atoms with Gasteiger partial charge in [-0.25, -0.2) is 4.79 Å². The average Bonchev–Trinajstić information content (AvgIpc) is 2.68. The van der Waals surface area contributed by atoms with Crippen LogP contribution in [0, 0.1) is 0 Å². The van der Waals surface area contributed by atoms with Crippen LogP contribution in [0.3, 0.4) is 0 Å². The van der Waals surface area contributed by atoms with Gasteiger partial charge in [0.15, 0.2) is 6.10 Å². The van der Waals surface area contributed by atoms with E-state index in [0.717, 1.165) is 12.8 Å².